The van der Waals surface area contributed by atoms with Crippen LogP contribution in [0.15, 0.2) is 24.5 Å². The van der Waals surface area contributed by atoms with E-state index in [1.165, 1.54) is 12.4 Å². The molecule has 152 valence electrons. The SMILES string of the molecule is CCC(NC(=O)O)C(=O)Nc1cnc(Oc2ccc(C)c3c2C2(CC2)CO3)nc1. The number of amides is 2. The first-order chi connectivity index (χ1) is 13.9. The highest BCUT2D eigenvalue weighted by Crippen LogP contribution is 2.59. The maximum Gasteiger partial charge on any atom is 0.405 e. The van der Waals surface area contributed by atoms with Crippen LogP contribution in [0.1, 0.15) is 37.3 Å². The van der Waals surface area contributed by atoms with E-state index in [1.54, 1.807) is 6.92 Å². The maximum absolute atomic E-state index is 12.2. The number of nitrogens with one attached hydrogen (secondary N) is 2. The van der Waals surface area contributed by atoms with E-state index in [2.05, 4.69) is 20.6 Å². The molecular formula is C20H22N4O5. The van der Waals surface area contributed by atoms with Crippen LogP contribution in [-0.4, -0.2) is 39.7 Å². The molecule has 3 N–H and O–H groups in total. The predicted octanol–water partition coefficient (Wildman–Crippen LogP) is 2.99. The lowest BCUT2D eigenvalue weighted by Crippen LogP contribution is -2.42. The number of ether oxygens (including phenoxy) is 2. The van der Waals surface area contributed by atoms with Gasteiger partial charge in [0.05, 0.1) is 24.7 Å². The third kappa shape index (κ3) is 3.67. The number of benzene rings is 1. The molecule has 1 aromatic carbocycles. The van der Waals surface area contributed by atoms with Crippen molar-refractivity contribution in [1.29, 1.82) is 0 Å². The number of hydrogen-bond donors (Lipinski definition) is 3. The fourth-order valence-corrected chi connectivity index (χ4v) is 3.53. The van der Waals surface area contributed by atoms with E-state index < -0.39 is 18.0 Å². The predicted molar refractivity (Wildman–Crippen MR) is 104 cm³/mol. The van der Waals surface area contributed by atoms with Crippen LogP contribution in [0.2, 0.25) is 0 Å². The molecule has 1 aliphatic carbocycles. The van der Waals surface area contributed by atoms with Gasteiger partial charge in [-0.25, -0.2) is 14.8 Å². The standard InChI is InChI=1S/C20H22N4O5/c1-3-13(24-19(26)27)17(25)23-12-8-21-18(22-9-12)29-14-5-4-11(2)16-15(14)20(6-7-20)10-28-16/h4-5,8-9,13,24H,3,6-7,10H2,1-2H3,(H,23,25)(H,26,27). The number of anilines is 1. The van der Waals surface area contributed by atoms with Crippen LogP contribution in [0.4, 0.5) is 10.5 Å². The molecule has 1 saturated carbocycles. The number of aryl methyl sites for hydroxylation is 1. The second kappa shape index (κ2) is 7.23. The summed E-state index contributed by atoms with van der Waals surface area (Å²) in [6, 6.07) is 3.16. The lowest BCUT2D eigenvalue weighted by atomic mass is 9.95. The van der Waals surface area contributed by atoms with Gasteiger partial charge in [0.15, 0.2) is 0 Å². The second-order valence-corrected chi connectivity index (χ2v) is 7.41. The molecular weight excluding hydrogens is 376 g/mol. The van der Waals surface area contributed by atoms with Crippen molar-refractivity contribution >= 4 is 17.7 Å². The van der Waals surface area contributed by atoms with Gasteiger partial charge in [-0.05, 0) is 37.8 Å². The lowest BCUT2D eigenvalue weighted by Gasteiger charge is -2.15. The van der Waals surface area contributed by atoms with Crippen molar-refractivity contribution in [2.24, 2.45) is 0 Å². The molecule has 1 unspecified atom stereocenters. The van der Waals surface area contributed by atoms with Crippen molar-refractivity contribution in [2.45, 2.75) is 44.6 Å². The summed E-state index contributed by atoms with van der Waals surface area (Å²) in [6.45, 7) is 4.41. The third-order valence-electron chi connectivity index (χ3n) is 5.31. The van der Waals surface area contributed by atoms with Gasteiger partial charge in [-0.1, -0.05) is 13.0 Å². The Morgan fingerprint density at radius 3 is 2.66 bits per heavy atom. The molecule has 4 rings (SSSR count). The maximum atomic E-state index is 12.2. The minimum Gasteiger partial charge on any atom is -0.492 e. The summed E-state index contributed by atoms with van der Waals surface area (Å²) in [5.74, 6) is 1.10. The molecule has 2 aliphatic rings. The highest BCUT2D eigenvalue weighted by atomic mass is 16.5. The lowest BCUT2D eigenvalue weighted by molar-refractivity contribution is -0.118. The van der Waals surface area contributed by atoms with Gasteiger partial charge in [-0.2, -0.15) is 0 Å². The van der Waals surface area contributed by atoms with Crippen molar-refractivity contribution < 1.29 is 24.2 Å². The number of carboxylic acid groups (broad SMARTS) is 1. The van der Waals surface area contributed by atoms with Crippen LogP contribution in [0, 0.1) is 6.92 Å². The first-order valence-electron chi connectivity index (χ1n) is 9.49. The van der Waals surface area contributed by atoms with Crippen LogP contribution in [0.3, 0.4) is 0 Å². The van der Waals surface area contributed by atoms with E-state index in [4.69, 9.17) is 14.6 Å². The Balaban J connectivity index is 1.47. The number of hydrogen-bond acceptors (Lipinski definition) is 6. The molecule has 1 fully saturated rings. The van der Waals surface area contributed by atoms with Crippen LogP contribution < -0.4 is 20.1 Å². The van der Waals surface area contributed by atoms with Gasteiger partial charge in [-0.3, -0.25) is 4.79 Å². The molecule has 0 bridgehead atoms. The zero-order chi connectivity index (χ0) is 20.6. The van der Waals surface area contributed by atoms with E-state index >= 15 is 0 Å². The van der Waals surface area contributed by atoms with Gasteiger partial charge in [0.25, 0.3) is 0 Å². The van der Waals surface area contributed by atoms with E-state index in [1.807, 2.05) is 19.1 Å². The Morgan fingerprint density at radius 1 is 1.31 bits per heavy atom. The topological polar surface area (TPSA) is 123 Å². The van der Waals surface area contributed by atoms with Crippen molar-refractivity contribution in [3.05, 3.63) is 35.7 Å². The van der Waals surface area contributed by atoms with Gasteiger partial charge in [-0.15, -0.1) is 0 Å². The minimum absolute atomic E-state index is 0.0525. The first kappa shape index (κ1) is 19.0. The summed E-state index contributed by atoms with van der Waals surface area (Å²) in [6.07, 6.45) is 4.07. The third-order valence-corrected chi connectivity index (χ3v) is 5.31. The Labute approximate surface area is 167 Å². The number of aromatic nitrogens is 2. The van der Waals surface area contributed by atoms with Crippen LogP contribution in [0.25, 0.3) is 0 Å². The summed E-state index contributed by atoms with van der Waals surface area (Å²) in [4.78, 5) is 31.2. The molecule has 2 heterocycles. The minimum atomic E-state index is -1.25. The Hall–Kier alpha value is -3.36. The molecule has 1 aliphatic heterocycles. The molecule has 9 heteroatoms. The number of rotatable bonds is 6. The number of carbonyl (C=O) groups excluding carboxylic acids is 1. The molecule has 29 heavy (non-hydrogen) atoms. The fourth-order valence-electron chi connectivity index (χ4n) is 3.53. The second-order valence-electron chi connectivity index (χ2n) is 7.41. The first-order valence-corrected chi connectivity index (χ1v) is 9.49. The normalized spacial score (nSPS) is 16.5. The summed E-state index contributed by atoms with van der Waals surface area (Å²) < 4.78 is 11.8. The number of carbonyl (C=O) groups is 2. The van der Waals surface area contributed by atoms with Crippen molar-refractivity contribution in [2.75, 3.05) is 11.9 Å². The number of fused-ring (bicyclic) bond motifs is 2. The summed E-state index contributed by atoms with van der Waals surface area (Å²) in [5.41, 5.74) is 2.57. The van der Waals surface area contributed by atoms with Gasteiger partial charge < -0.3 is 25.2 Å². The quantitative estimate of drug-likeness (QED) is 0.683. The van der Waals surface area contributed by atoms with Crippen LogP contribution in [-0.2, 0) is 10.2 Å². The highest BCUT2D eigenvalue weighted by Gasteiger charge is 2.53. The van der Waals surface area contributed by atoms with Gasteiger partial charge in [0.2, 0.25) is 5.91 Å². The van der Waals surface area contributed by atoms with E-state index in [9.17, 15) is 9.59 Å². The highest BCUT2D eigenvalue weighted by molar-refractivity contribution is 5.96. The molecule has 9 nitrogen and oxygen atoms in total. The zero-order valence-corrected chi connectivity index (χ0v) is 16.2. The largest absolute Gasteiger partial charge is 0.492 e. The van der Waals surface area contributed by atoms with Gasteiger partial charge in [0, 0.05) is 11.0 Å². The van der Waals surface area contributed by atoms with Crippen LogP contribution >= 0.6 is 0 Å². The molecule has 2 amide bonds. The smallest absolute Gasteiger partial charge is 0.405 e. The summed E-state index contributed by atoms with van der Waals surface area (Å²) in [7, 11) is 0. The average Bonchev–Trinajstić information content (AvgIpc) is 3.37. The number of nitrogens with zero attached hydrogens (tertiary/aromatic N) is 2. The Morgan fingerprint density at radius 2 is 2.03 bits per heavy atom. The van der Waals surface area contributed by atoms with Crippen molar-refractivity contribution in [1.82, 2.24) is 15.3 Å². The summed E-state index contributed by atoms with van der Waals surface area (Å²) in [5, 5.41) is 13.5. The fraction of sp³-hybridized carbons (Fsp3) is 0.400. The molecule has 0 saturated heterocycles. The zero-order valence-electron chi connectivity index (χ0n) is 16.2. The molecule has 0 radical (unpaired) electrons. The van der Waals surface area contributed by atoms with Gasteiger partial charge in [0.1, 0.15) is 17.5 Å². The van der Waals surface area contributed by atoms with E-state index in [-0.39, 0.29) is 11.4 Å². The Bertz CT molecular complexity index is 956. The molecule has 1 aromatic heterocycles. The van der Waals surface area contributed by atoms with Crippen molar-refractivity contribution in [3.63, 3.8) is 0 Å². The summed E-state index contributed by atoms with van der Waals surface area (Å²) >= 11 is 0. The van der Waals surface area contributed by atoms with Crippen LogP contribution in [0.5, 0.6) is 17.5 Å². The molecule has 2 aromatic rings. The molecule has 1 atom stereocenters. The monoisotopic (exact) mass is 398 g/mol. The molecule has 1 spiro atoms. The Kier molecular flexibility index (Phi) is 4.73. The van der Waals surface area contributed by atoms with Crippen molar-refractivity contribution in [3.8, 4) is 17.5 Å². The van der Waals surface area contributed by atoms with Gasteiger partial charge >= 0.3 is 12.1 Å². The van der Waals surface area contributed by atoms with E-state index in [0.717, 1.165) is 29.7 Å². The average molecular weight is 398 g/mol. The van der Waals surface area contributed by atoms with E-state index in [0.29, 0.717) is 24.5 Å².